The molecule has 0 amide bonds. The maximum absolute atomic E-state index is 14.5. The predicted octanol–water partition coefficient (Wildman–Crippen LogP) is 9.59. The van der Waals surface area contributed by atoms with Gasteiger partial charge in [0.15, 0.2) is 11.6 Å². The maximum atomic E-state index is 14.5. The van der Waals surface area contributed by atoms with Crippen LogP contribution in [0.25, 0.3) is 0 Å². The Balaban J connectivity index is 1.57. The summed E-state index contributed by atoms with van der Waals surface area (Å²) in [6.07, 6.45) is 22.1. The van der Waals surface area contributed by atoms with Gasteiger partial charge in [-0.2, -0.15) is 0 Å². The number of ether oxygens (including phenoxy) is 1. The SMILES string of the molecule is CCCCCCCCCCCCOc1ccc([C@H]2CC[C@H](CCCC)CC2)cc1F. The van der Waals surface area contributed by atoms with E-state index in [1.807, 2.05) is 6.07 Å². The molecule has 1 saturated carbocycles. The Bertz CT molecular complexity index is 548. The number of hydrogen-bond donors (Lipinski definition) is 0. The first-order chi connectivity index (χ1) is 14.7. The third-order valence-corrected chi connectivity index (χ3v) is 7.00. The molecule has 1 aliphatic rings. The molecular formula is C28H47FO. The minimum absolute atomic E-state index is 0.173. The third kappa shape index (κ3) is 9.84. The second kappa shape index (κ2) is 15.7. The third-order valence-electron chi connectivity index (χ3n) is 7.00. The molecule has 0 saturated heterocycles. The summed E-state index contributed by atoms with van der Waals surface area (Å²) in [7, 11) is 0. The minimum Gasteiger partial charge on any atom is -0.491 e. The van der Waals surface area contributed by atoms with Crippen molar-refractivity contribution in [2.24, 2.45) is 5.92 Å². The first-order valence-corrected chi connectivity index (χ1v) is 13.2. The molecule has 0 atom stereocenters. The second-order valence-electron chi connectivity index (χ2n) is 9.58. The van der Waals surface area contributed by atoms with Crippen LogP contribution in [0.4, 0.5) is 4.39 Å². The van der Waals surface area contributed by atoms with Crippen molar-refractivity contribution in [3.8, 4) is 5.75 Å². The summed E-state index contributed by atoms with van der Waals surface area (Å²) in [4.78, 5) is 0. The van der Waals surface area contributed by atoms with Crippen molar-refractivity contribution in [2.75, 3.05) is 6.61 Å². The standard InChI is InChI=1S/C28H47FO/c1-3-5-7-8-9-10-11-12-13-14-22-30-28-21-20-26(23-27(28)29)25-18-16-24(17-19-25)15-6-4-2/h20-21,23-25H,3-19,22H2,1-2H3/t24-,25-. The molecule has 0 bridgehead atoms. The molecule has 1 aromatic carbocycles. The van der Waals surface area contributed by atoms with Crippen LogP contribution in [0.2, 0.25) is 0 Å². The lowest BCUT2D eigenvalue weighted by molar-refractivity contribution is 0.287. The molecule has 0 N–H and O–H groups in total. The topological polar surface area (TPSA) is 9.23 Å². The number of hydrogen-bond acceptors (Lipinski definition) is 1. The van der Waals surface area contributed by atoms with Crippen LogP contribution in [0, 0.1) is 11.7 Å². The molecule has 0 unspecified atom stereocenters. The van der Waals surface area contributed by atoms with Gasteiger partial charge in [0.1, 0.15) is 0 Å². The van der Waals surface area contributed by atoms with Gasteiger partial charge in [-0.05, 0) is 61.6 Å². The van der Waals surface area contributed by atoms with Gasteiger partial charge in [-0.25, -0.2) is 4.39 Å². The minimum atomic E-state index is -0.173. The van der Waals surface area contributed by atoms with Crippen molar-refractivity contribution < 1.29 is 9.13 Å². The maximum Gasteiger partial charge on any atom is 0.165 e. The second-order valence-corrected chi connectivity index (χ2v) is 9.58. The van der Waals surface area contributed by atoms with E-state index in [4.69, 9.17) is 4.74 Å². The van der Waals surface area contributed by atoms with E-state index in [0.717, 1.165) is 12.3 Å². The fourth-order valence-corrected chi connectivity index (χ4v) is 4.94. The van der Waals surface area contributed by atoms with E-state index in [1.54, 1.807) is 6.07 Å². The van der Waals surface area contributed by atoms with Crippen LogP contribution in [0.15, 0.2) is 18.2 Å². The summed E-state index contributed by atoms with van der Waals surface area (Å²) in [5, 5.41) is 0. The lowest BCUT2D eigenvalue weighted by atomic mass is 9.77. The Labute approximate surface area is 186 Å². The average molecular weight is 419 g/mol. The molecule has 1 aromatic rings. The van der Waals surface area contributed by atoms with Gasteiger partial charge in [0.2, 0.25) is 0 Å². The van der Waals surface area contributed by atoms with Crippen molar-refractivity contribution in [1.82, 2.24) is 0 Å². The number of unbranched alkanes of at least 4 members (excludes halogenated alkanes) is 10. The molecule has 1 fully saturated rings. The fourth-order valence-electron chi connectivity index (χ4n) is 4.94. The summed E-state index contributed by atoms with van der Waals surface area (Å²) >= 11 is 0. The highest BCUT2D eigenvalue weighted by atomic mass is 19.1. The Morgan fingerprint density at radius 2 is 1.37 bits per heavy atom. The summed E-state index contributed by atoms with van der Waals surface area (Å²) in [5.74, 6) is 1.70. The first-order valence-electron chi connectivity index (χ1n) is 13.2. The molecule has 0 aliphatic heterocycles. The van der Waals surface area contributed by atoms with Crippen molar-refractivity contribution in [2.45, 2.75) is 129 Å². The summed E-state index contributed by atoms with van der Waals surface area (Å²) in [6, 6.07) is 5.71. The normalized spacial score (nSPS) is 19.2. The zero-order chi connectivity index (χ0) is 21.4. The summed E-state index contributed by atoms with van der Waals surface area (Å²) < 4.78 is 20.3. The molecule has 0 heterocycles. The van der Waals surface area contributed by atoms with Gasteiger partial charge in [0.25, 0.3) is 0 Å². The molecule has 1 aliphatic carbocycles. The van der Waals surface area contributed by atoms with Crippen molar-refractivity contribution >= 4 is 0 Å². The van der Waals surface area contributed by atoms with Crippen molar-refractivity contribution in [1.29, 1.82) is 0 Å². The molecule has 0 aromatic heterocycles. The van der Waals surface area contributed by atoms with Crippen LogP contribution >= 0.6 is 0 Å². The number of halogens is 1. The van der Waals surface area contributed by atoms with Gasteiger partial charge < -0.3 is 4.74 Å². The lowest BCUT2D eigenvalue weighted by Gasteiger charge is -2.29. The van der Waals surface area contributed by atoms with E-state index in [-0.39, 0.29) is 5.82 Å². The van der Waals surface area contributed by atoms with Crippen molar-refractivity contribution in [3.63, 3.8) is 0 Å². The van der Waals surface area contributed by atoms with Crippen molar-refractivity contribution in [3.05, 3.63) is 29.6 Å². The monoisotopic (exact) mass is 418 g/mol. The molecule has 0 radical (unpaired) electrons. The molecular weight excluding hydrogens is 371 g/mol. The van der Waals surface area contributed by atoms with Gasteiger partial charge in [-0.3, -0.25) is 0 Å². The Morgan fingerprint density at radius 3 is 1.97 bits per heavy atom. The van der Waals surface area contributed by atoms with Gasteiger partial charge in [-0.1, -0.05) is 97.0 Å². The highest BCUT2D eigenvalue weighted by Crippen LogP contribution is 2.38. The van der Waals surface area contributed by atoms with Gasteiger partial charge in [0.05, 0.1) is 6.61 Å². The molecule has 172 valence electrons. The van der Waals surface area contributed by atoms with Gasteiger partial charge in [-0.15, -0.1) is 0 Å². The summed E-state index contributed by atoms with van der Waals surface area (Å²) in [5.41, 5.74) is 1.17. The largest absolute Gasteiger partial charge is 0.491 e. The molecule has 30 heavy (non-hydrogen) atoms. The van der Waals surface area contributed by atoms with Gasteiger partial charge >= 0.3 is 0 Å². The van der Waals surface area contributed by atoms with Crippen LogP contribution < -0.4 is 4.74 Å². The van der Waals surface area contributed by atoms with Crippen LogP contribution in [0.3, 0.4) is 0 Å². The van der Waals surface area contributed by atoms with E-state index >= 15 is 0 Å². The van der Waals surface area contributed by atoms with E-state index in [0.29, 0.717) is 18.3 Å². The summed E-state index contributed by atoms with van der Waals surface area (Å²) in [6.45, 7) is 5.17. The van der Waals surface area contributed by atoms with Crippen LogP contribution in [-0.2, 0) is 0 Å². The van der Waals surface area contributed by atoms with Crippen LogP contribution in [0.5, 0.6) is 5.75 Å². The molecule has 1 nitrogen and oxygen atoms in total. The Kier molecular flexibility index (Phi) is 13.2. The Morgan fingerprint density at radius 1 is 0.767 bits per heavy atom. The predicted molar refractivity (Wildman–Crippen MR) is 128 cm³/mol. The Hall–Kier alpha value is -1.05. The lowest BCUT2D eigenvalue weighted by Crippen LogP contribution is -2.13. The van der Waals surface area contributed by atoms with Crippen LogP contribution in [-0.4, -0.2) is 6.61 Å². The highest BCUT2D eigenvalue weighted by molar-refractivity contribution is 5.31. The van der Waals surface area contributed by atoms with E-state index < -0.39 is 0 Å². The zero-order valence-electron chi connectivity index (χ0n) is 19.9. The van der Waals surface area contributed by atoms with E-state index in [9.17, 15) is 4.39 Å². The smallest absolute Gasteiger partial charge is 0.165 e. The van der Waals surface area contributed by atoms with Gasteiger partial charge in [0, 0.05) is 0 Å². The number of benzene rings is 1. The number of rotatable bonds is 16. The average Bonchev–Trinajstić information content (AvgIpc) is 2.77. The van der Waals surface area contributed by atoms with Crippen LogP contribution in [0.1, 0.15) is 134 Å². The molecule has 0 spiro atoms. The van der Waals surface area contributed by atoms with E-state index in [1.165, 1.54) is 108 Å². The molecule has 2 heteroatoms. The quantitative estimate of drug-likeness (QED) is 0.243. The first kappa shape index (κ1) is 25.2. The highest BCUT2D eigenvalue weighted by Gasteiger charge is 2.22. The fraction of sp³-hybridized carbons (Fsp3) is 0.786. The van der Waals surface area contributed by atoms with E-state index in [2.05, 4.69) is 19.9 Å². The molecule has 2 rings (SSSR count). The zero-order valence-corrected chi connectivity index (χ0v) is 19.9.